The summed E-state index contributed by atoms with van der Waals surface area (Å²) in [5.74, 6) is 0.992. The zero-order valence-electron chi connectivity index (χ0n) is 15.2. The zero-order chi connectivity index (χ0) is 18.9. The van der Waals surface area contributed by atoms with Crippen LogP contribution in [0.4, 0.5) is 0 Å². The number of carbonyl (C=O) groups excluding carboxylic acids is 2. The highest BCUT2D eigenvalue weighted by atomic mass is 32.2. The van der Waals surface area contributed by atoms with Crippen molar-refractivity contribution >= 4 is 23.6 Å². The van der Waals surface area contributed by atoms with Crippen LogP contribution in [0.5, 0.6) is 5.75 Å². The molecular formula is C20H23NO4S. The van der Waals surface area contributed by atoms with E-state index in [0.29, 0.717) is 17.9 Å². The molecule has 2 rings (SSSR count). The Morgan fingerprint density at radius 3 is 2.62 bits per heavy atom. The highest BCUT2D eigenvalue weighted by Gasteiger charge is 2.14. The van der Waals surface area contributed by atoms with Gasteiger partial charge in [0.05, 0.1) is 25.0 Å². The first kappa shape index (κ1) is 19.8. The summed E-state index contributed by atoms with van der Waals surface area (Å²) in [6.45, 7) is 2.29. The van der Waals surface area contributed by atoms with Crippen LogP contribution in [0, 0.1) is 0 Å². The highest BCUT2D eigenvalue weighted by molar-refractivity contribution is 7.99. The number of ether oxygens (including phenoxy) is 2. The molecule has 26 heavy (non-hydrogen) atoms. The van der Waals surface area contributed by atoms with Crippen LogP contribution < -0.4 is 10.1 Å². The Hall–Kier alpha value is -2.47. The number of hydrogen-bond acceptors (Lipinski definition) is 5. The number of para-hydroxylation sites is 1. The van der Waals surface area contributed by atoms with Crippen molar-refractivity contribution in [2.24, 2.45) is 0 Å². The van der Waals surface area contributed by atoms with Crippen LogP contribution in [-0.4, -0.2) is 31.3 Å². The number of esters is 1. The number of hydrogen-bond donors (Lipinski definition) is 1. The fourth-order valence-electron chi connectivity index (χ4n) is 2.38. The third kappa shape index (κ3) is 5.52. The van der Waals surface area contributed by atoms with E-state index in [2.05, 4.69) is 5.32 Å². The molecule has 2 aromatic carbocycles. The summed E-state index contributed by atoms with van der Waals surface area (Å²) in [4.78, 5) is 23.9. The minimum absolute atomic E-state index is 0.0370. The molecule has 0 aromatic heterocycles. The molecule has 138 valence electrons. The summed E-state index contributed by atoms with van der Waals surface area (Å²) in [7, 11) is 2.97. The molecule has 2 aromatic rings. The van der Waals surface area contributed by atoms with E-state index in [0.717, 1.165) is 16.9 Å². The molecule has 6 heteroatoms. The Kier molecular flexibility index (Phi) is 7.53. The van der Waals surface area contributed by atoms with Crippen LogP contribution >= 0.6 is 11.8 Å². The summed E-state index contributed by atoms with van der Waals surface area (Å²) in [6, 6.07) is 14.8. The first-order chi connectivity index (χ1) is 12.5. The van der Waals surface area contributed by atoms with Crippen molar-refractivity contribution in [1.29, 1.82) is 0 Å². The van der Waals surface area contributed by atoms with Crippen molar-refractivity contribution in [3.8, 4) is 5.75 Å². The Labute approximate surface area is 158 Å². The van der Waals surface area contributed by atoms with Gasteiger partial charge in [-0.15, -0.1) is 11.8 Å². The van der Waals surface area contributed by atoms with Crippen LogP contribution in [0.2, 0.25) is 0 Å². The summed E-state index contributed by atoms with van der Waals surface area (Å²) in [5.41, 5.74) is 2.42. The predicted octanol–water partition coefficient (Wildman–Crippen LogP) is 3.42. The van der Waals surface area contributed by atoms with Crippen molar-refractivity contribution in [3.63, 3.8) is 0 Å². The highest BCUT2D eigenvalue weighted by Crippen LogP contribution is 2.20. The second-order valence-corrected chi connectivity index (χ2v) is 7.00. The zero-order valence-corrected chi connectivity index (χ0v) is 16.0. The van der Waals surface area contributed by atoms with Gasteiger partial charge in [-0.1, -0.05) is 30.3 Å². The van der Waals surface area contributed by atoms with Crippen LogP contribution in [0.1, 0.15) is 28.4 Å². The number of carbonyl (C=O) groups is 2. The molecule has 0 heterocycles. The van der Waals surface area contributed by atoms with Crippen molar-refractivity contribution in [1.82, 2.24) is 5.32 Å². The lowest BCUT2D eigenvalue weighted by Gasteiger charge is -2.14. The Morgan fingerprint density at radius 2 is 1.88 bits per heavy atom. The first-order valence-electron chi connectivity index (χ1n) is 8.23. The van der Waals surface area contributed by atoms with Gasteiger partial charge in [0.15, 0.2) is 0 Å². The van der Waals surface area contributed by atoms with Gasteiger partial charge < -0.3 is 14.8 Å². The van der Waals surface area contributed by atoms with E-state index < -0.39 is 0 Å². The summed E-state index contributed by atoms with van der Waals surface area (Å²) >= 11 is 1.52. The lowest BCUT2D eigenvalue weighted by atomic mass is 10.1. The maximum Gasteiger partial charge on any atom is 0.337 e. The SMILES string of the molecule is COC(=O)c1cccc(CSC(C)C(=O)NCc2ccccc2OC)c1. The molecule has 5 nitrogen and oxygen atoms in total. The molecule has 0 aliphatic heterocycles. The third-order valence-corrected chi connectivity index (χ3v) is 5.08. The van der Waals surface area contributed by atoms with Crippen LogP contribution in [-0.2, 0) is 21.8 Å². The van der Waals surface area contributed by atoms with Crippen molar-refractivity contribution < 1.29 is 19.1 Å². The molecular weight excluding hydrogens is 350 g/mol. The molecule has 0 saturated heterocycles. The van der Waals surface area contributed by atoms with E-state index in [9.17, 15) is 9.59 Å². The third-order valence-electron chi connectivity index (χ3n) is 3.86. The van der Waals surface area contributed by atoms with E-state index in [1.54, 1.807) is 19.2 Å². The van der Waals surface area contributed by atoms with Crippen LogP contribution in [0.15, 0.2) is 48.5 Å². The molecule has 0 radical (unpaired) electrons. The van der Waals surface area contributed by atoms with Gasteiger partial charge >= 0.3 is 5.97 Å². The molecule has 0 aliphatic carbocycles. The van der Waals surface area contributed by atoms with E-state index in [4.69, 9.17) is 9.47 Å². The monoisotopic (exact) mass is 373 g/mol. The summed E-state index contributed by atoms with van der Waals surface area (Å²) in [5, 5.41) is 2.72. The summed E-state index contributed by atoms with van der Waals surface area (Å²) in [6.07, 6.45) is 0. The normalized spacial score (nSPS) is 11.5. The number of rotatable bonds is 8. The van der Waals surface area contributed by atoms with E-state index in [1.165, 1.54) is 18.9 Å². The van der Waals surface area contributed by atoms with Gasteiger partial charge in [-0.3, -0.25) is 4.79 Å². The van der Waals surface area contributed by atoms with Crippen LogP contribution in [0.25, 0.3) is 0 Å². The first-order valence-corrected chi connectivity index (χ1v) is 9.28. The maximum absolute atomic E-state index is 12.3. The van der Waals surface area contributed by atoms with Crippen molar-refractivity contribution in [3.05, 3.63) is 65.2 Å². The van der Waals surface area contributed by atoms with Crippen molar-refractivity contribution in [2.75, 3.05) is 14.2 Å². The van der Waals surface area contributed by atoms with Gasteiger partial charge in [0.2, 0.25) is 5.91 Å². The molecule has 1 N–H and O–H groups in total. The van der Waals surface area contributed by atoms with Gasteiger partial charge in [0.1, 0.15) is 5.75 Å². The van der Waals surface area contributed by atoms with E-state index >= 15 is 0 Å². The van der Waals surface area contributed by atoms with Gasteiger partial charge in [-0.25, -0.2) is 4.79 Å². The standard InChI is InChI=1S/C20H23NO4S/c1-14(19(22)21-12-17-8-4-5-10-18(17)24-2)26-13-15-7-6-9-16(11-15)20(23)25-3/h4-11,14H,12-13H2,1-3H3,(H,21,22). The second kappa shape index (κ2) is 9.87. The molecule has 0 aliphatic rings. The quantitative estimate of drug-likeness (QED) is 0.718. The maximum atomic E-state index is 12.3. The largest absolute Gasteiger partial charge is 0.496 e. The van der Waals surface area contributed by atoms with Gasteiger partial charge in [-0.05, 0) is 30.7 Å². The molecule has 1 amide bonds. The van der Waals surface area contributed by atoms with Gasteiger partial charge in [-0.2, -0.15) is 0 Å². The van der Waals surface area contributed by atoms with Crippen LogP contribution in [0.3, 0.4) is 0 Å². The average molecular weight is 373 g/mol. The number of nitrogens with one attached hydrogen (secondary N) is 1. The summed E-state index contributed by atoms with van der Waals surface area (Å²) < 4.78 is 10.0. The smallest absolute Gasteiger partial charge is 0.337 e. The minimum atomic E-state index is -0.362. The van der Waals surface area contributed by atoms with E-state index in [1.807, 2.05) is 43.3 Å². The fraction of sp³-hybridized carbons (Fsp3) is 0.300. The lowest BCUT2D eigenvalue weighted by Crippen LogP contribution is -2.30. The number of amides is 1. The number of thioether (sulfide) groups is 1. The van der Waals surface area contributed by atoms with Gasteiger partial charge in [0, 0.05) is 17.9 Å². The number of benzene rings is 2. The van der Waals surface area contributed by atoms with Gasteiger partial charge in [0.25, 0.3) is 0 Å². The second-order valence-electron chi connectivity index (χ2n) is 5.67. The Morgan fingerprint density at radius 1 is 1.12 bits per heavy atom. The molecule has 0 saturated carbocycles. The Bertz CT molecular complexity index is 763. The topological polar surface area (TPSA) is 64.6 Å². The lowest BCUT2D eigenvalue weighted by molar-refractivity contribution is -0.120. The van der Waals surface area contributed by atoms with E-state index in [-0.39, 0.29) is 17.1 Å². The molecule has 0 bridgehead atoms. The van der Waals surface area contributed by atoms with Crippen molar-refractivity contribution in [2.45, 2.75) is 24.5 Å². The Balaban J connectivity index is 1.86. The molecule has 1 atom stereocenters. The fourth-order valence-corrected chi connectivity index (χ4v) is 3.23. The minimum Gasteiger partial charge on any atom is -0.496 e. The molecule has 0 spiro atoms. The average Bonchev–Trinajstić information content (AvgIpc) is 2.69. The molecule has 1 unspecified atom stereocenters. The predicted molar refractivity (Wildman–Crippen MR) is 103 cm³/mol. The number of methoxy groups -OCH3 is 2. The molecule has 0 fully saturated rings.